The van der Waals surface area contributed by atoms with Crippen molar-refractivity contribution in [3.05, 3.63) is 34.9 Å². The number of hydrogen-bond donors (Lipinski definition) is 2. The van der Waals surface area contributed by atoms with Gasteiger partial charge in [-0.25, -0.2) is 18.5 Å². The highest BCUT2D eigenvalue weighted by atomic mass is 32.2. The third-order valence-electron chi connectivity index (χ3n) is 1.94. The molecule has 0 fully saturated rings. The van der Waals surface area contributed by atoms with Gasteiger partial charge in [0.25, 0.3) is 5.56 Å². The molecule has 0 amide bonds. The first-order valence-electron chi connectivity index (χ1n) is 3.99. The van der Waals surface area contributed by atoms with Gasteiger partial charge >= 0.3 is 0 Å². The van der Waals surface area contributed by atoms with E-state index in [0.717, 1.165) is 0 Å². The fourth-order valence-corrected chi connectivity index (χ4v) is 1.76. The molecule has 0 aliphatic rings. The molecule has 1 heterocycles. The van der Waals surface area contributed by atoms with Crippen LogP contribution in [0.1, 0.15) is 0 Å². The van der Waals surface area contributed by atoms with Gasteiger partial charge in [0.15, 0.2) is 0 Å². The molecular weight excluding hydrogens is 218 g/mol. The lowest BCUT2D eigenvalue weighted by Gasteiger charge is -1.99. The lowest BCUT2D eigenvalue weighted by Crippen LogP contribution is -2.13. The van der Waals surface area contributed by atoms with E-state index in [0.29, 0.717) is 5.52 Å². The molecule has 0 aliphatic heterocycles. The van der Waals surface area contributed by atoms with Crippen molar-refractivity contribution < 1.29 is 8.42 Å². The van der Waals surface area contributed by atoms with E-state index in [-0.39, 0.29) is 10.3 Å². The van der Waals surface area contributed by atoms with Crippen LogP contribution in [0.3, 0.4) is 0 Å². The number of aromatic amines is 1. The van der Waals surface area contributed by atoms with Crippen molar-refractivity contribution in [1.82, 2.24) is 9.97 Å². The number of sulfonamides is 1. The molecule has 3 N–H and O–H groups in total. The van der Waals surface area contributed by atoms with E-state index in [2.05, 4.69) is 9.97 Å². The first kappa shape index (κ1) is 9.81. The fraction of sp³-hybridized carbons (Fsp3) is 0. The predicted molar refractivity (Wildman–Crippen MR) is 53.7 cm³/mol. The summed E-state index contributed by atoms with van der Waals surface area (Å²) < 4.78 is 22.1. The number of primary sulfonamides is 1. The Bertz CT molecular complexity index is 675. The van der Waals surface area contributed by atoms with Gasteiger partial charge in [-0.05, 0) is 18.2 Å². The predicted octanol–water partition coefficient (Wildman–Crippen LogP) is -0.430. The summed E-state index contributed by atoms with van der Waals surface area (Å²) in [6.07, 6.45) is 1.25. The number of nitrogens with zero attached hydrogens (tertiary/aromatic N) is 1. The van der Waals surface area contributed by atoms with Crippen molar-refractivity contribution in [2.45, 2.75) is 4.90 Å². The zero-order valence-corrected chi connectivity index (χ0v) is 8.28. The first-order chi connectivity index (χ1) is 6.98. The minimum absolute atomic E-state index is 0.103. The van der Waals surface area contributed by atoms with Crippen molar-refractivity contribution in [2.75, 3.05) is 0 Å². The lowest BCUT2D eigenvalue weighted by atomic mass is 10.2. The Morgan fingerprint density at radius 3 is 2.73 bits per heavy atom. The van der Waals surface area contributed by atoms with E-state index in [9.17, 15) is 13.2 Å². The Balaban J connectivity index is 2.88. The highest BCUT2D eigenvalue weighted by Crippen LogP contribution is 2.12. The number of fused-ring (bicyclic) bond motifs is 1. The first-order valence-corrected chi connectivity index (χ1v) is 5.53. The van der Waals surface area contributed by atoms with Crippen LogP contribution in [-0.2, 0) is 10.0 Å². The summed E-state index contributed by atoms with van der Waals surface area (Å²) in [5.74, 6) is 0. The molecule has 15 heavy (non-hydrogen) atoms. The van der Waals surface area contributed by atoms with Gasteiger partial charge in [-0.2, -0.15) is 0 Å². The van der Waals surface area contributed by atoms with Gasteiger partial charge < -0.3 is 4.98 Å². The monoisotopic (exact) mass is 225 g/mol. The van der Waals surface area contributed by atoms with Crippen LogP contribution in [0.15, 0.2) is 34.2 Å². The third kappa shape index (κ3) is 1.74. The van der Waals surface area contributed by atoms with Crippen molar-refractivity contribution in [3.8, 4) is 0 Å². The number of hydrogen-bond acceptors (Lipinski definition) is 4. The van der Waals surface area contributed by atoms with Crippen LogP contribution in [0.2, 0.25) is 0 Å². The molecule has 0 saturated carbocycles. The second-order valence-corrected chi connectivity index (χ2v) is 4.52. The molecule has 0 unspecified atom stereocenters. The number of H-pyrrole nitrogens is 1. The molecule has 7 heteroatoms. The number of rotatable bonds is 1. The highest BCUT2D eigenvalue weighted by Gasteiger charge is 2.09. The Labute approximate surface area is 84.8 Å². The van der Waals surface area contributed by atoms with E-state index >= 15 is 0 Å². The normalized spacial score (nSPS) is 11.8. The largest absolute Gasteiger partial charge is 0.313 e. The number of benzene rings is 1. The zero-order chi connectivity index (χ0) is 11.1. The van der Waals surface area contributed by atoms with Crippen molar-refractivity contribution in [1.29, 1.82) is 0 Å². The summed E-state index contributed by atoms with van der Waals surface area (Å²) >= 11 is 0. The average molecular weight is 225 g/mol. The van der Waals surface area contributed by atoms with Gasteiger partial charge in [0.2, 0.25) is 10.0 Å². The van der Waals surface area contributed by atoms with E-state index < -0.39 is 15.6 Å². The Kier molecular flexibility index (Phi) is 2.06. The number of nitrogens with one attached hydrogen (secondary N) is 1. The second-order valence-electron chi connectivity index (χ2n) is 2.96. The minimum atomic E-state index is -3.79. The average Bonchev–Trinajstić information content (AvgIpc) is 2.16. The van der Waals surface area contributed by atoms with E-state index in [1.54, 1.807) is 0 Å². The van der Waals surface area contributed by atoms with Crippen LogP contribution in [0.4, 0.5) is 0 Å². The molecule has 0 radical (unpaired) electrons. The summed E-state index contributed by atoms with van der Waals surface area (Å²) in [6, 6.07) is 3.95. The highest BCUT2D eigenvalue weighted by molar-refractivity contribution is 7.89. The third-order valence-corrected chi connectivity index (χ3v) is 2.85. The maximum absolute atomic E-state index is 11.3. The summed E-state index contributed by atoms with van der Waals surface area (Å²) in [4.78, 5) is 17.4. The van der Waals surface area contributed by atoms with Crippen LogP contribution in [0.5, 0.6) is 0 Å². The van der Waals surface area contributed by atoms with Gasteiger partial charge in [0.1, 0.15) is 0 Å². The molecule has 2 aromatic rings. The van der Waals surface area contributed by atoms with E-state index in [1.165, 1.54) is 24.5 Å². The minimum Gasteiger partial charge on any atom is -0.313 e. The molecule has 2 rings (SSSR count). The Morgan fingerprint density at radius 2 is 2.07 bits per heavy atom. The maximum atomic E-state index is 11.3. The van der Waals surface area contributed by atoms with Crippen LogP contribution >= 0.6 is 0 Å². The van der Waals surface area contributed by atoms with E-state index in [4.69, 9.17) is 5.14 Å². The zero-order valence-electron chi connectivity index (χ0n) is 7.47. The van der Waals surface area contributed by atoms with Crippen LogP contribution in [-0.4, -0.2) is 18.4 Å². The van der Waals surface area contributed by atoms with Gasteiger partial charge in [-0.15, -0.1) is 0 Å². The van der Waals surface area contributed by atoms with Crippen LogP contribution < -0.4 is 10.7 Å². The van der Waals surface area contributed by atoms with Crippen molar-refractivity contribution in [3.63, 3.8) is 0 Å². The maximum Gasteiger partial charge on any atom is 0.258 e. The van der Waals surface area contributed by atoms with Crippen LogP contribution in [0.25, 0.3) is 10.9 Å². The van der Waals surface area contributed by atoms with Gasteiger partial charge in [0, 0.05) is 0 Å². The van der Waals surface area contributed by atoms with E-state index in [1.807, 2.05) is 0 Å². The van der Waals surface area contributed by atoms with Crippen molar-refractivity contribution >= 4 is 20.9 Å². The summed E-state index contributed by atoms with van der Waals surface area (Å²) in [5.41, 5.74) is 0.0247. The van der Waals surface area contributed by atoms with Crippen molar-refractivity contribution in [2.24, 2.45) is 5.14 Å². The molecule has 0 aliphatic carbocycles. The Hall–Kier alpha value is -1.73. The summed E-state index contributed by atoms with van der Waals surface area (Å²) in [5, 5.41) is 5.14. The standard InChI is InChI=1S/C8H7N3O3S/c9-15(13,14)5-1-2-7-6(3-5)8(12)11-4-10-7/h1-4H,(H2,9,13,14)(H,10,11,12). The Morgan fingerprint density at radius 1 is 1.33 bits per heavy atom. The smallest absolute Gasteiger partial charge is 0.258 e. The van der Waals surface area contributed by atoms with Gasteiger partial charge in [-0.3, -0.25) is 4.79 Å². The quantitative estimate of drug-likeness (QED) is 0.686. The molecule has 0 spiro atoms. The molecule has 78 valence electrons. The lowest BCUT2D eigenvalue weighted by molar-refractivity contribution is 0.598. The summed E-state index contributed by atoms with van der Waals surface area (Å²) in [6.45, 7) is 0. The second kappa shape index (κ2) is 3.14. The number of aromatic nitrogens is 2. The van der Waals surface area contributed by atoms with Gasteiger partial charge in [0.05, 0.1) is 22.1 Å². The topological polar surface area (TPSA) is 106 Å². The SMILES string of the molecule is NS(=O)(=O)c1ccc2nc[nH]c(=O)c2c1. The molecule has 1 aromatic carbocycles. The molecule has 0 bridgehead atoms. The molecule has 0 atom stereocenters. The molecule has 1 aromatic heterocycles. The molecule has 0 saturated heterocycles. The fourth-order valence-electron chi connectivity index (χ4n) is 1.22. The number of nitrogens with two attached hydrogens (primary N) is 1. The van der Waals surface area contributed by atoms with Crippen LogP contribution in [0, 0.1) is 0 Å². The van der Waals surface area contributed by atoms with Gasteiger partial charge in [-0.1, -0.05) is 0 Å². The molecular formula is C8H7N3O3S. The molecule has 6 nitrogen and oxygen atoms in total. The summed E-state index contributed by atoms with van der Waals surface area (Å²) in [7, 11) is -3.79.